The number of nitrogens with one attached hydrogen (secondary N) is 1. The van der Waals surface area contributed by atoms with Gasteiger partial charge in [-0.25, -0.2) is 9.38 Å². The summed E-state index contributed by atoms with van der Waals surface area (Å²) >= 11 is 0. The van der Waals surface area contributed by atoms with Gasteiger partial charge in [-0.2, -0.15) is 4.98 Å². The van der Waals surface area contributed by atoms with E-state index in [0.717, 1.165) is 11.4 Å². The predicted octanol–water partition coefficient (Wildman–Crippen LogP) is 1.57. The summed E-state index contributed by atoms with van der Waals surface area (Å²) in [6.45, 7) is 7.90. The fraction of sp³-hybridized carbons (Fsp3) is 0.417. The molecule has 0 spiro atoms. The van der Waals surface area contributed by atoms with Crippen molar-refractivity contribution in [2.75, 3.05) is 0 Å². The molecular formula is C12H15N5O. The van der Waals surface area contributed by atoms with E-state index < -0.39 is 0 Å². The van der Waals surface area contributed by atoms with Crippen LogP contribution in [0.2, 0.25) is 0 Å². The normalized spacial score (nSPS) is 12.1. The first-order chi connectivity index (χ1) is 8.50. The van der Waals surface area contributed by atoms with Crippen molar-refractivity contribution in [3.05, 3.63) is 28.1 Å². The molecule has 0 saturated heterocycles. The van der Waals surface area contributed by atoms with E-state index in [1.54, 1.807) is 10.7 Å². The highest BCUT2D eigenvalue weighted by atomic mass is 16.1. The Balaban J connectivity index is 2.54. The van der Waals surface area contributed by atoms with Gasteiger partial charge in [0.05, 0.1) is 6.33 Å². The van der Waals surface area contributed by atoms with E-state index in [1.165, 1.54) is 0 Å². The average Bonchev–Trinajstić information content (AvgIpc) is 2.83. The SMILES string of the molecule is Cc1[nH]c2nc3c(ncn3C(C)C)c(=O)n2c1C. The summed E-state index contributed by atoms with van der Waals surface area (Å²) in [4.78, 5) is 24.2. The van der Waals surface area contributed by atoms with Gasteiger partial charge in [-0.15, -0.1) is 0 Å². The van der Waals surface area contributed by atoms with Gasteiger partial charge in [0.1, 0.15) is 0 Å². The predicted molar refractivity (Wildman–Crippen MR) is 69.0 cm³/mol. The van der Waals surface area contributed by atoms with E-state index in [-0.39, 0.29) is 11.6 Å². The number of fused-ring (bicyclic) bond motifs is 2. The molecule has 6 nitrogen and oxygen atoms in total. The van der Waals surface area contributed by atoms with Crippen molar-refractivity contribution in [1.29, 1.82) is 0 Å². The standard InChI is InChI=1S/C12H15N5O/c1-6(2)16-5-13-9-10(16)15-12-14-7(3)8(4)17(12)11(9)18/h5-6H,1-4H3,(H,14,15). The highest BCUT2D eigenvalue weighted by Crippen LogP contribution is 2.15. The van der Waals surface area contributed by atoms with E-state index >= 15 is 0 Å². The number of hydrogen-bond acceptors (Lipinski definition) is 3. The Hall–Kier alpha value is -2.11. The summed E-state index contributed by atoms with van der Waals surface area (Å²) < 4.78 is 3.48. The zero-order valence-corrected chi connectivity index (χ0v) is 10.9. The minimum Gasteiger partial charge on any atom is -0.327 e. The van der Waals surface area contributed by atoms with Gasteiger partial charge in [0.25, 0.3) is 5.56 Å². The molecule has 0 saturated carbocycles. The molecule has 0 unspecified atom stereocenters. The van der Waals surface area contributed by atoms with E-state index in [4.69, 9.17) is 0 Å². The molecular weight excluding hydrogens is 230 g/mol. The Bertz CT molecular complexity index is 805. The van der Waals surface area contributed by atoms with Crippen LogP contribution >= 0.6 is 0 Å². The largest absolute Gasteiger partial charge is 0.327 e. The van der Waals surface area contributed by atoms with Crippen molar-refractivity contribution in [3.8, 4) is 0 Å². The van der Waals surface area contributed by atoms with Crippen LogP contribution in [0.3, 0.4) is 0 Å². The molecule has 3 aromatic rings. The molecule has 0 aliphatic rings. The maximum Gasteiger partial charge on any atom is 0.287 e. The van der Waals surface area contributed by atoms with Gasteiger partial charge in [-0.1, -0.05) is 0 Å². The lowest BCUT2D eigenvalue weighted by Crippen LogP contribution is -2.16. The fourth-order valence-electron chi connectivity index (χ4n) is 2.17. The molecule has 6 heteroatoms. The quantitative estimate of drug-likeness (QED) is 0.707. The first-order valence-electron chi connectivity index (χ1n) is 5.95. The summed E-state index contributed by atoms with van der Waals surface area (Å²) in [7, 11) is 0. The topological polar surface area (TPSA) is 68.0 Å². The Kier molecular flexibility index (Phi) is 2.10. The lowest BCUT2D eigenvalue weighted by molar-refractivity contribution is 0.613. The number of aromatic nitrogens is 5. The number of nitrogens with zero attached hydrogens (tertiary/aromatic N) is 4. The van der Waals surface area contributed by atoms with Crippen molar-refractivity contribution in [3.63, 3.8) is 0 Å². The zero-order chi connectivity index (χ0) is 13.0. The van der Waals surface area contributed by atoms with Gasteiger partial charge in [0, 0.05) is 17.4 Å². The highest BCUT2D eigenvalue weighted by molar-refractivity contribution is 5.72. The van der Waals surface area contributed by atoms with Crippen molar-refractivity contribution >= 4 is 16.9 Å². The second-order valence-electron chi connectivity index (χ2n) is 4.83. The van der Waals surface area contributed by atoms with Crippen LogP contribution < -0.4 is 5.56 Å². The molecule has 94 valence electrons. The zero-order valence-electron chi connectivity index (χ0n) is 10.9. The third-order valence-corrected chi connectivity index (χ3v) is 3.33. The number of H-pyrrole nitrogens is 1. The maximum atomic E-state index is 12.4. The monoisotopic (exact) mass is 245 g/mol. The highest BCUT2D eigenvalue weighted by Gasteiger charge is 2.15. The summed E-state index contributed by atoms with van der Waals surface area (Å²) in [6, 6.07) is 0.224. The molecule has 0 amide bonds. The summed E-state index contributed by atoms with van der Waals surface area (Å²) in [5.41, 5.74) is 2.77. The summed E-state index contributed by atoms with van der Waals surface area (Å²) in [5, 5.41) is 0. The third kappa shape index (κ3) is 1.25. The smallest absolute Gasteiger partial charge is 0.287 e. The third-order valence-electron chi connectivity index (χ3n) is 3.33. The molecule has 3 heterocycles. The number of rotatable bonds is 1. The van der Waals surface area contributed by atoms with E-state index in [1.807, 2.05) is 32.3 Å². The lowest BCUT2D eigenvalue weighted by Gasteiger charge is -2.06. The maximum absolute atomic E-state index is 12.4. The Morgan fingerprint density at radius 3 is 2.72 bits per heavy atom. The molecule has 1 N–H and O–H groups in total. The van der Waals surface area contributed by atoms with Crippen LogP contribution in [0, 0.1) is 13.8 Å². The van der Waals surface area contributed by atoms with Gasteiger partial charge in [0.15, 0.2) is 11.2 Å². The number of imidazole rings is 2. The van der Waals surface area contributed by atoms with Crippen molar-refractivity contribution in [2.24, 2.45) is 0 Å². The first kappa shape index (κ1) is 11.0. The van der Waals surface area contributed by atoms with E-state index in [2.05, 4.69) is 15.0 Å². The second-order valence-corrected chi connectivity index (χ2v) is 4.83. The summed E-state index contributed by atoms with van der Waals surface area (Å²) in [5.74, 6) is 0.574. The number of hydrogen-bond donors (Lipinski definition) is 1. The van der Waals surface area contributed by atoms with Gasteiger partial charge in [-0.3, -0.25) is 4.79 Å². The number of aryl methyl sites for hydroxylation is 2. The van der Waals surface area contributed by atoms with Crippen LogP contribution in [-0.4, -0.2) is 23.9 Å². The van der Waals surface area contributed by atoms with Crippen LogP contribution in [0.15, 0.2) is 11.1 Å². The molecule has 0 aromatic carbocycles. The van der Waals surface area contributed by atoms with Crippen LogP contribution in [0.1, 0.15) is 31.3 Å². The molecule has 3 rings (SSSR count). The molecule has 0 aliphatic carbocycles. The van der Waals surface area contributed by atoms with E-state index in [9.17, 15) is 4.79 Å². The minimum absolute atomic E-state index is 0.115. The number of aromatic amines is 1. The molecule has 3 aromatic heterocycles. The molecule has 0 fully saturated rings. The van der Waals surface area contributed by atoms with E-state index in [0.29, 0.717) is 16.9 Å². The second kappa shape index (κ2) is 3.44. The fourth-order valence-corrected chi connectivity index (χ4v) is 2.17. The van der Waals surface area contributed by atoms with Crippen molar-refractivity contribution in [2.45, 2.75) is 33.7 Å². The minimum atomic E-state index is -0.115. The summed E-state index contributed by atoms with van der Waals surface area (Å²) in [6.07, 6.45) is 1.67. The van der Waals surface area contributed by atoms with Crippen molar-refractivity contribution in [1.82, 2.24) is 23.9 Å². The van der Waals surface area contributed by atoms with Gasteiger partial charge in [0.2, 0.25) is 5.78 Å². The Morgan fingerprint density at radius 1 is 1.33 bits per heavy atom. The van der Waals surface area contributed by atoms with Crippen molar-refractivity contribution < 1.29 is 0 Å². The van der Waals surface area contributed by atoms with Crippen LogP contribution in [0.5, 0.6) is 0 Å². The van der Waals surface area contributed by atoms with Gasteiger partial charge >= 0.3 is 0 Å². The molecule has 0 aliphatic heterocycles. The van der Waals surface area contributed by atoms with Crippen LogP contribution in [0.25, 0.3) is 16.9 Å². The van der Waals surface area contributed by atoms with Crippen LogP contribution in [-0.2, 0) is 0 Å². The first-order valence-corrected chi connectivity index (χ1v) is 5.95. The van der Waals surface area contributed by atoms with Gasteiger partial charge < -0.3 is 9.55 Å². The lowest BCUT2D eigenvalue weighted by atomic mass is 10.4. The Morgan fingerprint density at radius 2 is 2.06 bits per heavy atom. The molecule has 0 radical (unpaired) electrons. The molecule has 0 bridgehead atoms. The molecule has 18 heavy (non-hydrogen) atoms. The van der Waals surface area contributed by atoms with Gasteiger partial charge in [-0.05, 0) is 27.7 Å². The average molecular weight is 245 g/mol. The Labute approximate surface area is 103 Å². The molecule has 0 atom stereocenters. The van der Waals surface area contributed by atoms with Crippen LogP contribution in [0.4, 0.5) is 0 Å².